The highest BCUT2D eigenvalue weighted by Gasteiger charge is 2.30. The van der Waals surface area contributed by atoms with Crippen molar-refractivity contribution in [3.05, 3.63) is 0 Å². The largest absolute Gasteiger partial charge is 0.393 e. The first-order valence-corrected chi connectivity index (χ1v) is 5.31. The van der Waals surface area contributed by atoms with Crippen molar-refractivity contribution >= 4 is 0 Å². The summed E-state index contributed by atoms with van der Waals surface area (Å²) in [6, 6.07) is 0. The smallest absolute Gasteiger partial charge is 0.0545 e. The van der Waals surface area contributed by atoms with Crippen LogP contribution in [0.1, 0.15) is 46.5 Å². The molecule has 0 aromatic rings. The van der Waals surface area contributed by atoms with Gasteiger partial charge in [-0.25, -0.2) is 0 Å². The average molecular weight is 170 g/mol. The minimum absolute atomic E-state index is 0.118. The highest BCUT2D eigenvalue weighted by molar-refractivity contribution is 4.80. The molecule has 0 bridgehead atoms. The van der Waals surface area contributed by atoms with Crippen molar-refractivity contribution in [3.8, 4) is 0 Å². The van der Waals surface area contributed by atoms with Crippen LogP contribution in [0.3, 0.4) is 0 Å². The Morgan fingerprint density at radius 1 is 1.08 bits per heavy atom. The maximum absolute atomic E-state index is 9.64. The van der Waals surface area contributed by atoms with Crippen molar-refractivity contribution in [3.63, 3.8) is 0 Å². The molecular formula is C11H22O. The van der Waals surface area contributed by atoms with Gasteiger partial charge >= 0.3 is 0 Å². The lowest BCUT2D eigenvalue weighted by Crippen LogP contribution is -2.28. The lowest BCUT2D eigenvalue weighted by atomic mass is 9.79. The summed E-state index contributed by atoms with van der Waals surface area (Å²) in [7, 11) is 0. The molecule has 1 nitrogen and oxygen atoms in total. The standard InChI is InChI=1S/C11H22O/c1-8(2)11(9(3)12)10-6-4-5-7-10/h8-12H,4-7H2,1-3H3. The SMILES string of the molecule is CC(C)C(C(C)O)C1CCCC1. The second-order valence-electron chi connectivity index (χ2n) is 4.61. The summed E-state index contributed by atoms with van der Waals surface area (Å²) in [4.78, 5) is 0. The summed E-state index contributed by atoms with van der Waals surface area (Å²) < 4.78 is 0. The highest BCUT2D eigenvalue weighted by atomic mass is 16.3. The topological polar surface area (TPSA) is 20.2 Å². The van der Waals surface area contributed by atoms with Crippen molar-refractivity contribution in [1.29, 1.82) is 0 Å². The van der Waals surface area contributed by atoms with E-state index in [0.29, 0.717) is 11.8 Å². The van der Waals surface area contributed by atoms with Crippen LogP contribution in [0, 0.1) is 17.8 Å². The van der Waals surface area contributed by atoms with Crippen LogP contribution in [0.2, 0.25) is 0 Å². The Balaban J connectivity index is 2.52. The maximum Gasteiger partial charge on any atom is 0.0545 e. The fourth-order valence-corrected chi connectivity index (χ4v) is 2.84. The Hall–Kier alpha value is -0.0400. The molecule has 0 saturated heterocycles. The van der Waals surface area contributed by atoms with E-state index in [1.165, 1.54) is 25.7 Å². The quantitative estimate of drug-likeness (QED) is 0.690. The summed E-state index contributed by atoms with van der Waals surface area (Å²) >= 11 is 0. The van der Waals surface area contributed by atoms with Crippen molar-refractivity contribution in [2.24, 2.45) is 17.8 Å². The van der Waals surface area contributed by atoms with Gasteiger partial charge in [-0.2, -0.15) is 0 Å². The molecule has 0 amide bonds. The molecule has 1 rings (SSSR count). The molecule has 1 saturated carbocycles. The Morgan fingerprint density at radius 3 is 1.92 bits per heavy atom. The van der Waals surface area contributed by atoms with Gasteiger partial charge in [-0.05, 0) is 24.7 Å². The molecule has 0 spiro atoms. The van der Waals surface area contributed by atoms with Gasteiger partial charge in [0.1, 0.15) is 0 Å². The van der Waals surface area contributed by atoms with Crippen LogP contribution in [0.4, 0.5) is 0 Å². The molecule has 0 aromatic carbocycles. The molecule has 0 heterocycles. The molecule has 12 heavy (non-hydrogen) atoms. The number of hydrogen-bond donors (Lipinski definition) is 1. The molecule has 0 aliphatic heterocycles. The molecule has 1 N–H and O–H groups in total. The zero-order valence-electron chi connectivity index (χ0n) is 8.59. The van der Waals surface area contributed by atoms with Gasteiger partial charge in [-0.3, -0.25) is 0 Å². The monoisotopic (exact) mass is 170 g/mol. The summed E-state index contributed by atoms with van der Waals surface area (Å²) in [6.45, 7) is 6.41. The van der Waals surface area contributed by atoms with Crippen LogP contribution in [0.15, 0.2) is 0 Å². The van der Waals surface area contributed by atoms with E-state index < -0.39 is 0 Å². The molecule has 72 valence electrons. The van der Waals surface area contributed by atoms with Gasteiger partial charge in [0.05, 0.1) is 6.10 Å². The minimum atomic E-state index is -0.118. The van der Waals surface area contributed by atoms with Gasteiger partial charge in [0.15, 0.2) is 0 Å². The Bertz CT molecular complexity index is 115. The predicted octanol–water partition coefficient (Wildman–Crippen LogP) is 2.83. The van der Waals surface area contributed by atoms with Crippen molar-refractivity contribution < 1.29 is 5.11 Å². The molecule has 1 fully saturated rings. The van der Waals surface area contributed by atoms with Crippen molar-refractivity contribution in [2.75, 3.05) is 0 Å². The third-order valence-corrected chi connectivity index (χ3v) is 3.27. The van der Waals surface area contributed by atoms with Gasteiger partial charge < -0.3 is 5.11 Å². The molecule has 2 atom stereocenters. The summed E-state index contributed by atoms with van der Waals surface area (Å²) in [5.41, 5.74) is 0. The molecule has 1 aliphatic carbocycles. The minimum Gasteiger partial charge on any atom is -0.393 e. The Labute approximate surface area is 76.2 Å². The Morgan fingerprint density at radius 2 is 1.58 bits per heavy atom. The fraction of sp³-hybridized carbons (Fsp3) is 1.00. The first-order chi connectivity index (χ1) is 5.63. The average Bonchev–Trinajstić information content (AvgIpc) is 2.37. The van der Waals surface area contributed by atoms with Gasteiger partial charge in [-0.1, -0.05) is 39.5 Å². The lowest BCUT2D eigenvalue weighted by Gasteiger charge is -2.29. The summed E-state index contributed by atoms with van der Waals surface area (Å²) in [5.74, 6) is 1.96. The van der Waals surface area contributed by atoms with Crippen molar-refractivity contribution in [1.82, 2.24) is 0 Å². The predicted molar refractivity (Wildman–Crippen MR) is 52.0 cm³/mol. The number of rotatable bonds is 3. The van der Waals surface area contributed by atoms with Crippen LogP contribution >= 0.6 is 0 Å². The molecule has 0 aromatic heterocycles. The summed E-state index contributed by atoms with van der Waals surface area (Å²) in [6.07, 6.45) is 5.32. The van der Waals surface area contributed by atoms with Crippen LogP contribution in [0.5, 0.6) is 0 Å². The second-order valence-corrected chi connectivity index (χ2v) is 4.61. The highest BCUT2D eigenvalue weighted by Crippen LogP contribution is 2.36. The maximum atomic E-state index is 9.64. The normalized spacial score (nSPS) is 24.8. The van der Waals surface area contributed by atoms with Gasteiger partial charge in [0, 0.05) is 0 Å². The second kappa shape index (κ2) is 4.27. The van der Waals surface area contributed by atoms with E-state index in [-0.39, 0.29) is 6.10 Å². The first-order valence-electron chi connectivity index (χ1n) is 5.31. The molecule has 2 unspecified atom stereocenters. The van der Waals surface area contributed by atoms with Crippen LogP contribution in [-0.2, 0) is 0 Å². The zero-order chi connectivity index (χ0) is 9.14. The molecule has 0 radical (unpaired) electrons. The van der Waals surface area contributed by atoms with Crippen molar-refractivity contribution in [2.45, 2.75) is 52.6 Å². The van der Waals surface area contributed by atoms with Crippen LogP contribution < -0.4 is 0 Å². The van der Waals surface area contributed by atoms with E-state index in [0.717, 1.165) is 5.92 Å². The number of aliphatic hydroxyl groups is 1. The van der Waals surface area contributed by atoms with E-state index >= 15 is 0 Å². The molecular weight excluding hydrogens is 148 g/mol. The van der Waals surface area contributed by atoms with E-state index in [4.69, 9.17) is 0 Å². The molecule has 1 heteroatoms. The van der Waals surface area contributed by atoms with E-state index in [9.17, 15) is 5.11 Å². The van der Waals surface area contributed by atoms with E-state index in [1.807, 2.05) is 6.92 Å². The van der Waals surface area contributed by atoms with Crippen LogP contribution in [0.25, 0.3) is 0 Å². The van der Waals surface area contributed by atoms with Gasteiger partial charge in [0.25, 0.3) is 0 Å². The first kappa shape index (κ1) is 10.0. The molecule has 1 aliphatic rings. The van der Waals surface area contributed by atoms with Gasteiger partial charge in [0.2, 0.25) is 0 Å². The third kappa shape index (κ3) is 2.22. The van der Waals surface area contributed by atoms with E-state index in [2.05, 4.69) is 13.8 Å². The zero-order valence-corrected chi connectivity index (χ0v) is 8.59. The number of hydrogen-bond acceptors (Lipinski definition) is 1. The Kier molecular flexibility index (Phi) is 3.57. The summed E-state index contributed by atoms with van der Waals surface area (Å²) in [5, 5.41) is 9.64. The third-order valence-electron chi connectivity index (χ3n) is 3.27. The van der Waals surface area contributed by atoms with E-state index in [1.54, 1.807) is 0 Å². The number of aliphatic hydroxyl groups excluding tert-OH is 1. The van der Waals surface area contributed by atoms with Crippen LogP contribution in [-0.4, -0.2) is 11.2 Å². The fourth-order valence-electron chi connectivity index (χ4n) is 2.84. The lowest BCUT2D eigenvalue weighted by molar-refractivity contribution is 0.0589. The van der Waals surface area contributed by atoms with Gasteiger partial charge in [-0.15, -0.1) is 0 Å².